The first-order valence-corrected chi connectivity index (χ1v) is 7.52. The molecule has 1 amide bonds. The van der Waals surface area contributed by atoms with Crippen LogP contribution in [0.1, 0.15) is 27.2 Å². The fourth-order valence-corrected chi connectivity index (χ4v) is 2.70. The van der Waals surface area contributed by atoms with Crippen LogP contribution in [0, 0.1) is 0 Å². The molecule has 0 fully saturated rings. The normalized spacial score (nSPS) is 14.3. The first kappa shape index (κ1) is 16.5. The second-order valence-electron chi connectivity index (χ2n) is 5.44. The van der Waals surface area contributed by atoms with Crippen LogP contribution in [0.4, 0.5) is 13.2 Å². The van der Waals surface area contributed by atoms with Gasteiger partial charge in [0, 0.05) is 24.2 Å². The maximum Gasteiger partial charge on any atom is 0.417 e. The van der Waals surface area contributed by atoms with E-state index < -0.39 is 17.6 Å². The van der Waals surface area contributed by atoms with Gasteiger partial charge in [-0.05, 0) is 12.1 Å². The zero-order chi connectivity index (χ0) is 17.2. The summed E-state index contributed by atoms with van der Waals surface area (Å²) in [6.45, 7) is 1.72. The third kappa shape index (κ3) is 3.43. The zero-order valence-electron chi connectivity index (χ0n) is 12.8. The molecule has 0 aliphatic carbocycles. The summed E-state index contributed by atoms with van der Waals surface area (Å²) in [4.78, 5) is 12.1. The largest absolute Gasteiger partial charge is 0.417 e. The van der Waals surface area contributed by atoms with Crippen molar-refractivity contribution in [3.05, 3.63) is 52.8 Å². The van der Waals surface area contributed by atoms with Crippen molar-refractivity contribution in [3.8, 4) is 0 Å². The van der Waals surface area contributed by atoms with Crippen molar-refractivity contribution in [2.24, 2.45) is 0 Å². The van der Waals surface area contributed by atoms with Crippen LogP contribution in [0.25, 0.3) is 0 Å². The predicted octanol–water partition coefficient (Wildman–Crippen LogP) is 2.40. The average molecular weight is 339 g/mol. The van der Waals surface area contributed by atoms with E-state index in [2.05, 4.69) is 10.4 Å². The molecule has 0 unspecified atom stereocenters. The number of rotatable bonds is 4. The van der Waals surface area contributed by atoms with Gasteiger partial charge < -0.3 is 10.1 Å². The first-order chi connectivity index (χ1) is 11.5. The lowest BCUT2D eigenvalue weighted by Gasteiger charge is -2.15. The number of nitrogens with one attached hydrogen (secondary N) is 1. The minimum absolute atomic E-state index is 0.194. The smallest absolute Gasteiger partial charge is 0.376 e. The van der Waals surface area contributed by atoms with Crippen molar-refractivity contribution in [1.82, 2.24) is 15.1 Å². The van der Waals surface area contributed by atoms with Gasteiger partial charge in [0.1, 0.15) is 0 Å². The number of alkyl halides is 3. The Balaban J connectivity index is 1.64. The monoisotopic (exact) mass is 339 g/mol. The van der Waals surface area contributed by atoms with E-state index in [4.69, 9.17) is 4.74 Å². The van der Waals surface area contributed by atoms with Gasteiger partial charge in [-0.15, -0.1) is 0 Å². The Hall–Kier alpha value is -2.35. The van der Waals surface area contributed by atoms with E-state index in [9.17, 15) is 18.0 Å². The van der Waals surface area contributed by atoms with Gasteiger partial charge in [0.05, 0.1) is 37.1 Å². The minimum atomic E-state index is -4.56. The van der Waals surface area contributed by atoms with Gasteiger partial charge in [0.2, 0.25) is 0 Å². The Morgan fingerprint density at radius 2 is 2.12 bits per heavy atom. The van der Waals surface area contributed by atoms with E-state index in [1.165, 1.54) is 18.2 Å². The number of aromatic nitrogens is 2. The van der Waals surface area contributed by atoms with E-state index in [1.807, 2.05) is 0 Å². The number of hydrogen-bond donors (Lipinski definition) is 1. The van der Waals surface area contributed by atoms with Crippen molar-refractivity contribution < 1.29 is 22.7 Å². The average Bonchev–Trinajstić information content (AvgIpc) is 2.97. The van der Waals surface area contributed by atoms with Crippen LogP contribution in [-0.2, 0) is 30.5 Å². The Kier molecular flexibility index (Phi) is 4.57. The molecular weight excluding hydrogens is 323 g/mol. The van der Waals surface area contributed by atoms with Crippen LogP contribution in [0.15, 0.2) is 30.5 Å². The Morgan fingerprint density at radius 3 is 2.92 bits per heavy atom. The number of carbonyl (C=O) groups excluding carboxylic acids is 1. The SMILES string of the molecule is O=C(NCCn1ncc2c1CCOC2)c1ccccc1C(F)(F)F. The van der Waals surface area contributed by atoms with E-state index in [-0.39, 0.29) is 12.1 Å². The van der Waals surface area contributed by atoms with Gasteiger partial charge in [0.15, 0.2) is 0 Å². The summed E-state index contributed by atoms with van der Waals surface area (Å²) < 4.78 is 45.9. The van der Waals surface area contributed by atoms with Crippen molar-refractivity contribution in [2.75, 3.05) is 13.2 Å². The summed E-state index contributed by atoms with van der Waals surface area (Å²) in [5.74, 6) is -0.743. The maximum atomic E-state index is 12.9. The molecule has 2 aromatic rings. The molecule has 2 heterocycles. The molecule has 0 radical (unpaired) electrons. The number of nitrogens with zero attached hydrogens (tertiary/aromatic N) is 2. The van der Waals surface area contributed by atoms with Crippen molar-refractivity contribution in [1.29, 1.82) is 0 Å². The zero-order valence-corrected chi connectivity index (χ0v) is 12.8. The Labute approximate surface area is 136 Å². The summed E-state index contributed by atoms with van der Waals surface area (Å²) in [6, 6.07) is 4.75. The number of ether oxygens (including phenoxy) is 1. The van der Waals surface area contributed by atoms with Crippen LogP contribution in [0.3, 0.4) is 0 Å². The highest BCUT2D eigenvalue weighted by Gasteiger charge is 2.34. The molecule has 3 rings (SSSR count). The van der Waals surface area contributed by atoms with Gasteiger partial charge in [-0.2, -0.15) is 18.3 Å². The van der Waals surface area contributed by atoms with E-state index in [1.54, 1.807) is 10.9 Å². The standard InChI is InChI=1S/C16H16F3N3O2/c17-16(18,19)13-4-2-1-3-12(13)15(23)20-6-7-22-14-5-8-24-10-11(14)9-21-22/h1-4,9H,5-8,10H2,(H,20,23). The Bertz CT molecular complexity index is 740. The van der Waals surface area contributed by atoms with Crippen molar-refractivity contribution in [3.63, 3.8) is 0 Å². The summed E-state index contributed by atoms with van der Waals surface area (Å²) in [6.07, 6.45) is -2.11. The molecule has 5 nitrogen and oxygen atoms in total. The van der Waals surface area contributed by atoms with Crippen LogP contribution in [-0.4, -0.2) is 28.8 Å². The molecule has 1 aliphatic rings. The highest BCUT2D eigenvalue weighted by molar-refractivity contribution is 5.95. The predicted molar refractivity (Wildman–Crippen MR) is 79.4 cm³/mol. The highest BCUT2D eigenvalue weighted by atomic mass is 19.4. The lowest BCUT2D eigenvalue weighted by molar-refractivity contribution is -0.137. The van der Waals surface area contributed by atoms with Gasteiger partial charge >= 0.3 is 6.18 Å². The Morgan fingerprint density at radius 1 is 1.33 bits per heavy atom. The maximum absolute atomic E-state index is 12.9. The lowest BCUT2D eigenvalue weighted by Crippen LogP contribution is -2.30. The molecule has 24 heavy (non-hydrogen) atoms. The fourth-order valence-electron chi connectivity index (χ4n) is 2.70. The molecule has 0 saturated heterocycles. The molecule has 0 spiro atoms. The minimum Gasteiger partial charge on any atom is -0.376 e. The van der Waals surface area contributed by atoms with Crippen LogP contribution in [0.2, 0.25) is 0 Å². The van der Waals surface area contributed by atoms with E-state index in [0.29, 0.717) is 19.8 Å². The third-order valence-electron chi connectivity index (χ3n) is 3.86. The fraction of sp³-hybridized carbons (Fsp3) is 0.375. The molecule has 128 valence electrons. The second kappa shape index (κ2) is 6.64. The molecule has 0 bridgehead atoms. The molecule has 1 N–H and O–H groups in total. The van der Waals surface area contributed by atoms with E-state index in [0.717, 1.165) is 23.7 Å². The number of fused-ring (bicyclic) bond motifs is 1. The van der Waals surface area contributed by atoms with Crippen molar-refractivity contribution >= 4 is 5.91 Å². The summed E-state index contributed by atoms with van der Waals surface area (Å²) in [5.41, 5.74) is 0.748. The quantitative estimate of drug-likeness (QED) is 0.931. The molecule has 8 heteroatoms. The number of carbonyl (C=O) groups is 1. The molecule has 1 aromatic heterocycles. The molecule has 0 atom stereocenters. The second-order valence-corrected chi connectivity index (χ2v) is 5.44. The lowest BCUT2D eigenvalue weighted by atomic mass is 10.1. The number of hydrogen-bond acceptors (Lipinski definition) is 3. The summed E-state index contributed by atoms with van der Waals surface area (Å²) >= 11 is 0. The van der Waals surface area contributed by atoms with E-state index >= 15 is 0 Å². The van der Waals surface area contributed by atoms with Crippen LogP contribution >= 0.6 is 0 Å². The number of amides is 1. The number of halogens is 3. The molecule has 1 aliphatic heterocycles. The summed E-state index contributed by atoms with van der Waals surface area (Å²) in [7, 11) is 0. The van der Waals surface area contributed by atoms with Crippen LogP contribution < -0.4 is 5.32 Å². The highest BCUT2D eigenvalue weighted by Crippen LogP contribution is 2.31. The third-order valence-corrected chi connectivity index (χ3v) is 3.86. The number of benzene rings is 1. The first-order valence-electron chi connectivity index (χ1n) is 7.52. The topological polar surface area (TPSA) is 56.2 Å². The molecule has 1 aromatic carbocycles. The van der Waals surface area contributed by atoms with Gasteiger partial charge in [-0.3, -0.25) is 9.48 Å². The molecule has 0 saturated carbocycles. The van der Waals surface area contributed by atoms with Gasteiger partial charge in [-0.25, -0.2) is 0 Å². The van der Waals surface area contributed by atoms with Gasteiger partial charge in [0.25, 0.3) is 5.91 Å². The van der Waals surface area contributed by atoms with Gasteiger partial charge in [-0.1, -0.05) is 12.1 Å². The van der Waals surface area contributed by atoms with Crippen LogP contribution in [0.5, 0.6) is 0 Å². The summed E-state index contributed by atoms with van der Waals surface area (Å²) in [5, 5.41) is 6.76. The molecular formula is C16H16F3N3O2. The van der Waals surface area contributed by atoms with Crippen molar-refractivity contribution in [2.45, 2.75) is 25.7 Å².